The first-order chi connectivity index (χ1) is 4.74. The molecular weight excluding hydrogens is 124 g/mol. The van der Waals surface area contributed by atoms with Crippen molar-refractivity contribution in [2.75, 3.05) is 0 Å². The molecule has 0 N–H and O–H groups in total. The van der Waals surface area contributed by atoms with Crippen LogP contribution < -0.4 is 0 Å². The third-order valence-corrected chi connectivity index (χ3v) is 1.20. The van der Waals surface area contributed by atoms with Crippen LogP contribution in [0.25, 0.3) is 0 Å². The number of nitrogens with zero attached hydrogens (tertiary/aromatic N) is 2. The molecule has 1 heterocycles. The lowest BCUT2D eigenvalue weighted by Gasteiger charge is -1.95. The van der Waals surface area contributed by atoms with Crippen LogP contribution in [0, 0.1) is 26.2 Å². The number of hydrogen-bond donors (Lipinski definition) is 0. The first kappa shape index (κ1) is 6.76. The third kappa shape index (κ3) is 1.14. The molecule has 0 bridgehead atoms. The average molecular weight is 132 g/mol. The van der Waals surface area contributed by atoms with Gasteiger partial charge in [0, 0.05) is 6.20 Å². The Labute approximate surface area is 60.3 Å². The zero-order chi connectivity index (χ0) is 7.56. The molecule has 0 fully saturated rings. The molecule has 0 atom stereocenters. The molecule has 10 heavy (non-hydrogen) atoms. The fourth-order valence-corrected chi connectivity index (χ4v) is 0.739. The van der Waals surface area contributed by atoms with Crippen molar-refractivity contribution in [3.63, 3.8) is 0 Å². The van der Waals surface area contributed by atoms with E-state index in [2.05, 4.69) is 15.9 Å². The van der Waals surface area contributed by atoms with Crippen LogP contribution in [0.2, 0.25) is 0 Å². The summed E-state index contributed by atoms with van der Waals surface area (Å²) in [6, 6.07) is 0. The summed E-state index contributed by atoms with van der Waals surface area (Å²) in [4.78, 5) is 8.14. The highest BCUT2D eigenvalue weighted by Gasteiger charge is 1.95. The molecule has 0 amide bonds. The first-order valence-corrected chi connectivity index (χ1v) is 3.01. The molecule has 0 spiro atoms. The van der Waals surface area contributed by atoms with E-state index in [4.69, 9.17) is 6.42 Å². The molecule has 0 aromatic carbocycles. The Hall–Kier alpha value is -1.36. The van der Waals surface area contributed by atoms with Gasteiger partial charge in [0.15, 0.2) is 0 Å². The number of rotatable bonds is 0. The van der Waals surface area contributed by atoms with E-state index >= 15 is 0 Å². The number of terminal acetylenes is 1. The zero-order valence-electron chi connectivity index (χ0n) is 6.05. The van der Waals surface area contributed by atoms with Gasteiger partial charge in [-0.3, -0.25) is 4.98 Å². The molecule has 0 unspecified atom stereocenters. The predicted octanol–water partition coefficient (Wildman–Crippen LogP) is 1.07. The van der Waals surface area contributed by atoms with Crippen molar-refractivity contribution in [1.29, 1.82) is 0 Å². The van der Waals surface area contributed by atoms with Crippen LogP contribution in [0.3, 0.4) is 0 Å². The second-order valence-electron chi connectivity index (χ2n) is 2.09. The lowest BCUT2D eigenvalue weighted by molar-refractivity contribution is 1.04. The van der Waals surface area contributed by atoms with Crippen molar-refractivity contribution in [1.82, 2.24) is 9.97 Å². The topological polar surface area (TPSA) is 25.8 Å². The number of aryl methyl sites for hydroxylation is 2. The largest absolute Gasteiger partial charge is 0.254 e. The molecule has 0 saturated carbocycles. The van der Waals surface area contributed by atoms with Crippen LogP contribution in [0.15, 0.2) is 6.20 Å². The van der Waals surface area contributed by atoms with E-state index in [0.29, 0.717) is 5.69 Å². The predicted molar refractivity (Wildman–Crippen MR) is 39.4 cm³/mol. The van der Waals surface area contributed by atoms with Gasteiger partial charge >= 0.3 is 0 Å². The highest BCUT2D eigenvalue weighted by atomic mass is 14.8. The van der Waals surface area contributed by atoms with Crippen molar-refractivity contribution in [2.24, 2.45) is 0 Å². The van der Waals surface area contributed by atoms with Gasteiger partial charge < -0.3 is 0 Å². The maximum atomic E-state index is 5.15. The molecule has 2 heteroatoms. The van der Waals surface area contributed by atoms with Crippen LogP contribution in [-0.4, -0.2) is 9.97 Å². The molecule has 1 aromatic heterocycles. The first-order valence-electron chi connectivity index (χ1n) is 3.01. The highest BCUT2D eigenvalue weighted by molar-refractivity contribution is 5.28. The molecule has 0 radical (unpaired) electrons. The van der Waals surface area contributed by atoms with Gasteiger partial charge in [0.05, 0.1) is 11.4 Å². The lowest BCUT2D eigenvalue weighted by Crippen LogP contribution is -1.93. The van der Waals surface area contributed by atoms with Gasteiger partial charge in [-0.15, -0.1) is 6.42 Å². The van der Waals surface area contributed by atoms with E-state index in [0.717, 1.165) is 11.4 Å². The maximum Gasteiger partial charge on any atom is 0.134 e. The summed E-state index contributed by atoms with van der Waals surface area (Å²) in [6.45, 7) is 3.75. The van der Waals surface area contributed by atoms with E-state index in [1.54, 1.807) is 6.20 Å². The van der Waals surface area contributed by atoms with Gasteiger partial charge in [0.1, 0.15) is 5.69 Å². The summed E-state index contributed by atoms with van der Waals surface area (Å²) in [7, 11) is 0. The van der Waals surface area contributed by atoms with Gasteiger partial charge in [-0.1, -0.05) is 0 Å². The number of hydrogen-bond acceptors (Lipinski definition) is 2. The van der Waals surface area contributed by atoms with Crippen LogP contribution in [-0.2, 0) is 0 Å². The van der Waals surface area contributed by atoms with E-state index in [9.17, 15) is 0 Å². The molecule has 1 rings (SSSR count). The summed E-state index contributed by atoms with van der Waals surface area (Å²) in [5.74, 6) is 2.45. The van der Waals surface area contributed by atoms with Gasteiger partial charge in [0.25, 0.3) is 0 Å². The molecular formula is C8H8N2. The van der Waals surface area contributed by atoms with E-state index < -0.39 is 0 Å². The van der Waals surface area contributed by atoms with E-state index in [1.807, 2.05) is 13.8 Å². The highest BCUT2D eigenvalue weighted by Crippen LogP contribution is 1.98. The average Bonchev–Trinajstić information content (AvgIpc) is 1.88. The second-order valence-corrected chi connectivity index (χ2v) is 2.09. The Morgan fingerprint density at radius 3 is 2.70 bits per heavy atom. The standard InChI is InChI=1S/C8H8N2/c1-4-8-7(3)10-6(2)5-9-8/h1,5H,2-3H3. The van der Waals surface area contributed by atoms with Crippen molar-refractivity contribution in [3.05, 3.63) is 23.3 Å². The summed E-state index contributed by atoms with van der Waals surface area (Å²) in [6.07, 6.45) is 6.82. The van der Waals surface area contributed by atoms with Crippen molar-refractivity contribution in [2.45, 2.75) is 13.8 Å². The summed E-state index contributed by atoms with van der Waals surface area (Å²) >= 11 is 0. The minimum absolute atomic E-state index is 0.630. The van der Waals surface area contributed by atoms with Crippen molar-refractivity contribution >= 4 is 0 Å². The van der Waals surface area contributed by atoms with Crippen molar-refractivity contribution in [3.8, 4) is 12.3 Å². The van der Waals surface area contributed by atoms with Crippen LogP contribution in [0.4, 0.5) is 0 Å². The summed E-state index contributed by atoms with van der Waals surface area (Å²) < 4.78 is 0. The second kappa shape index (κ2) is 2.49. The zero-order valence-corrected chi connectivity index (χ0v) is 6.05. The Morgan fingerprint density at radius 1 is 1.50 bits per heavy atom. The number of aromatic nitrogens is 2. The van der Waals surface area contributed by atoms with Gasteiger partial charge in [-0.05, 0) is 19.8 Å². The molecule has 50 valence electrons. The molecule has 0 aliphatic carbocycles. The Bertz CT molecular complexity index is 284. The molecule has 1 aromatic rings. The fraction of sp³-hybridized carbons (Fsp3) is 0.250. The lowest BCUT2D eigenvalue weighted by atomic mass is 10.3. The fourth-order valence-electron chi connectivity index (χ4n) is 0.739. The van der Waals surface area contributed by atoms with Crippen LogP contribution in [0.5, 0.6) is 0 Å². The SMILES string of the molecule is C#Cc1ncc(C)nc1C. The quantitative estimate of drug-likeness (QED) is 0.493. The molecule has 0 saturated heterocycles. The maximum absolute atomic E-state index is 5.15. The van der Waals surface area contributed by atoms with Crippen LogP contribution >= 0.6 is 0 Å². The minimum atomic E-state index is 0.630. The Morgan fingerprint density at radius 2 is 2.20 bits per heavy atom. The van der Waals surface area contributed by atoms with Gasteiger partial charge in [-0.2, -0.15) is 0 Å². The minimum Gasteiger partial charge on any atom is -0.254 e. The smallest absolute Gasteiger partial charge is 0.134 e. The molecule has 0 aliphatic rings. The van der Waals surface area contributed by atoms with E-state index in [-0.39, 0.29) is 0 Å². The van der Waals surface area contributed by atoms with Crippen molar-refractivity contribution < 1.29 is 0 Å². The molecule has 0 aliphatic heterocycles. The molecule has 2 nitrogen and oxygen atoms in total. The van der Waals surface area contributed by atoms with E-state index in [1.165, 1.54) is 0 Å². The summed E-state index contributed by atoms with van der Waals surface area (Å²) in [5.41, 5.74) is 2.35. The Balaban J connectivity index is 3.23. The summed E-state index contributed by atoms with van der Waals surface area (Å²) in [5, 5.41) is 0. The normalized spacial score (nSPS) is 8.90. The third-order valence-electron chi connectivity index (χ3n) is 1.20. The van der Waals surface area contributed by atoms with Gasteiger partial charge in [-0.25, -0.2) is 4.98 Å². The monoisotopic (exact) mass is 132 g/mol. The van der Waals surface area contributed by atoms with Gasteiger partial charge in [0.2, 0.25) is 0 Å². The Kier molecular flexibility index (Phi) is 1.68. The van der Waals surface area contributed by atoms with Crippen LogP contribution in [0.1, 0.15) is 17.1 Å².